The fourth-order valence-corrected chi connectivity index (χ4v) is 2.51. The van der Waals surface area contributed by atoms with Crippen LogP contribution < -0.4 is 5.32 Å². The Kier molecular flexibility index (Phi) is 8.00. The summed E-state index contributed by atoms with van der Waals surface area (Å²) < 4.78 is 4.71. The van der Waals surface area contributed by atoms with Gasteiger partial charge in [0.05, 0.1) is 6.61 Å². The summed E-state index contributed by atoms with van der Waals surface area (Å²) in [6.07, 6.45) is 7.71. The average molecular weight is 322 g/mol. The van der Waals surface area contributed by atoms with Crippen LogP contribution in [0.3, 0.4) is 0 Å². The van der Waals surface area contributed by atoms with Crippen LogP contribution in [0.25, 0.3) is 0 Å². The van der Waals surface area contributed by atoms with Crippen molar-refractivity contribution in [3.63, 3.8) is 0 Å². The number of esters is 1. The number of carbonyl (C=O) groups excluding carboxylic acids is 2. The number of carbonyl (C=O) groups is 2. The molecule has 1 saturated carbocycles. The number of hydrogen-bond acceptors (Lipinski definition) is 3. The normalized spacial score (nSPS) is 18.6. The van der Waals surface area contributed by atoms with E-state index < -0.39 is 11.9 Å². The van der Waals surface area contributed by atoms with Crippen LogP contribution in [0.4, 0.5) is 0 Å². The molecule has 0 aromatic carbocycles. The van der Waals surface area contributed by atoms with E-state index in [0.29, 0.717) is 0 Å². The summed E-state index contributed by atoms with van der Waals surface area (Å²) in [5.41, 5.74) is 0. The second-order valence-corrected chi connectivity index (χ2v) is 5.62. The summed E-state index contributed by atoms with van der Waals surface area (Å²) in [4.78, 5) is 23.4. The van der Waals surface area contributed by atoms with Crippen molar-refractivity contribution in [2.75, 3.05) is 6.61 Å². The van der Waals surface area contributed by atoms with Crippen LogP contribution >= 0.6 is 23.2 Å². The minimum atomic E-state index is -0.771. The smallest absolute Gasteiger partial charge is 0.351 e. The van der Waals surface area contributed by atoms with E-state index in [-0.39, 0.29) is 22.7 Å². The van der Waals surface area contributed by atoms with E-state index in [1.165, 1.54) is 19.3 Å². The molecule has 114 valence electrons. The topological polar surface area (TPSA) is 55.4 Å². The molecule has 4 nitrogen and oxygen atoms in total. The highest BCUT2D eigenvalue weighted by Gasteiger charge is 2.21. The predicted molar refractivity (Wildman–Crippen MR) is 79.6 cm³/mol. The van der Waals surface area contributed by atoms with Crippen molar-refractivity contribution in [1.29, 1.82) is 0 Å². The third kappa shape index (κ3) is 5.71. The van der Waals surface area contributed by atoms with E-state index in [1.807, 2.05) is 0 Å². The Balaban J connectivity index is 2.59. The van der Waals surface area contributed by atoms with E-state index in [1.54, 1.807) is 6.92 Å². The quantitative estimate of drug-likeness (QED) is 0.637. The molecule has 0 heterocycles. The zero-order valence-electron chi connectivity index (χ0n) is 11.7. The monoisotopic (exact) mass is 321 g/mol. The molecule has 1 aliphatic rings. The summed E-state index contributed by atoms with van der Waals surface area (Å²) in [5.74, 6) is -1.28. The second kappa shape index (κ2) is 9.24. The van der Waals surface area contributed by atoms with Gasteiger partial charge in [-0.3, -0.25) is 4.79 Å². The van der Waals surface area contributed by atoms with E-state index in [2.05, 4.69) is 5.32 Å². The lowest BCUT2D eigenvalue weighted by molar-refractivity contribution is -0.138. The highest BCUT2D eigenvalue weighted by molar-refractivity contribution is 6.53. The van der Waals surface area contributed by atoms with Crippen molar-refractivity contribution in [2.45, 2.75) is 57.9 Å². The van der Waals surface area contributed by atoms with Gasteiger partial charge < -0.3 is 10.1 Å². The van der Waals surface area contributed by atoms with Gasteiger partial charge in [-0.1, -0.05) is 55.3 Å². The van der Waals surface area contributed by atoms with Gasteiger partial charge in [-0.15, -0.1) is 0 Å². The Hall–Kier alpha value is -0.740. The fraction of sp³-hybridized carbons (Fsp3) is 0.714. The van der Waals surface area contributed by atoms with Gasteiger partial charge in [0.15, 0.2) is 0 Å². The molecular formula is C14H21Cl2NO3. The highest BCUT2D eigenvalue weighted by atomic mass is 35.5. The lowest BCUT2D eigenvalue weighted by atomic mass is 9.97. The van der Waals surface area contributed by atoms with Crippen molar-refractivity contribution in [2.24, 2.45) is 0 Å². The van der Waals surface area contributed by atoms with Crippen molar-refractivity contribution in [1.82, 2.24) is 5.32 Å². The third-order valence-electron chi connectivity index (χ3n) is 3.29. The minimum absolute atomic E-state index is 0.100. The van der Waals surface area contributed by atoms with Crippen LogP contribution in [0.2, 0.25) is 0 Å². The molecule has 0 aromatic rings. The van der Waals surface area contributed by atoms with Gasteiger partial charge in [-0.2, -0.15) is 0 Å². The molecular weight excluding hydrogens is 301 g/mol. The minimum Gasteiger partial charge on any atom is -0.462 e. The van der Waals surface area contributed by atoms with Crippen molar-refractivity contribution < 1.29 is 14.3 Å². The third-order valence-corrected chi connectivity index (χ3v) is 4.09. The summed E-state index contributed by atoms with van der Waals surface area (Å²) in [6, 6.07) is 0.100. The first-order valence-electron chi connectivity index (χ1n) is 7.09. The molecule has 0 saturated heterocycles. The Bertz CT molecular complexity index is 375. The Morgan fingerprint density at radius 3 is 2.15 bits per heavy atom. The number of nitrogens with one attached hydrogen (secondary N) is 1. The molecule has 1 N–H and O–H groups in total. The number of ether oxygens (including phenoxy) is 1. The zero-order chi connectivity index (χ0) is 15.0. The average Bonchev–Trinajstić information content (AvgIpc) is 2.40. The summed E-state index contributed by atoms with van der Waals surface area (Å²) in [7, 11) is 0. The molecule has 0 unspecified atom stereocenters. The van der Waals surface area contributed by atoms with E-state index >= 15 is 0 Å². The highest BCUT2D eigenvalue weighted by Crippen LogP contribution is 2.20. The molecule has 20 heavy (non-hydrogen) atoms. The van der Waals surface area contributed by atoms with Gasteiger partial charge in [-0.25, -0.2) is 4.79 Å². The molecule has 0 atom stereocenters. The molecule has 0 aromatic heterocycles. The van der Waals surface area contributed by atoms with E-state index in [9.17, 15) is 9.59 Å². The van der Waals surface area contributed by atoms with Crippen LogP contribution in [0.1, 0.15) is 51.9 Å². The maximum absolute atomic E-state index is 12.0. The Labute approximate surface area is 129 Å². The maximum Gasteiger partial charge on any atom is 0.351 e. The first-order valence-corrected chi connectivity index (χ1v) is 7.85. The number of amides is 1. The molecule has 1 amide bonds. The van der Waals surface area contributed by atoms with Crippen LogP contribution in [0.5, 0.6) is 0 Å². The molecule has 0 aliphatic heterocycles. The summed E-state index contributed by atoms with van der Waals surface area (Å²) in [5, 5.41) is 2.18. The zero-order valence-corrected chi connectivity index (χ0v) is 13.2. The molecule has 0 spiro atoms. The van der Waals surface area contributed by atoms with E-state index in [4.69, 9.17) is 27.9 Å². The predicted octanol–water partition coefficient (Wildman–Crippen LogP) is 3.47. The van der Waals surface area contributed by atoms with Crippen molar-refractivity contribution in [3.8, 4) is 0 Å². The molecule has 0 radical (unpaired) electrons. The van der Waals surface area contributed by atoms with Crippen LogP contribution in [0, 0.1) is 0 Å². The molecule has 1 aliphatic carbocycles. The van der Waals surface area contributed by atoms with E-state index in [0.717, 1.165) is 25.7 Å². The SMILES string of the molecule is CCOC(=O)/C(Cl)=C(/Cl)C(=O)NC1CCCCCCC1. The first-order chi connectivity index (χ1) is 9.56. The van der Waals surface area contributed by atoms with Crippen molar-refractivity contribution in [3.05, 3.63) is 10.1 Å². The lowest BCUT2D eigenvalue weighted by Crippen LogP contribution is -2.35. The largest absolute Gasteiger partial charge is 0.462 e. The number of halogens is 2. The van der Waals surface area contributed by atoms with Gasteiger partial charge in [0, 0.05) is 6.04 Å². The molecule has 1 fully saturated rings. The van der Waals surface area contributed by atoms with Crippen LogP contribution in [-0.4, -0.2) is 24.5 Å². The standard InChI is InChI=1S/C14H21Cl2NO3/c1-2-20-14(19)12(16)11(15)13(18)17-10-8-6-4-3-5-7-9-10/h10H,2-9H2,1H3,(H,17,18)/b12-11-. The van der Waals surface area contributed by atoms with Gasteiger partial charge in [-0.05, 0) is 19.8 Å². The lowest BCUT2D eigenvalue weighted by Gasteiger charge is -2.20. The van der Waals surface area contributed by atoms with Crippen molar-refractivity contribution >= 4 is 35.1 Å². The summed E-state index contributed by atoms with van der Waals surface area (Å²) >= 11 is 11.6. The Morgan fingerprint density at radius 1 is 1.05 bits per heavy atom. The van der Waals surface area contributed by atoms with Crippen LogP contribution in [-0.2, 0) is 14.3 Å². The first kappa shape index (κ1) is 17.3. The van der Waals surface area contributed by atoms with Gasteiger partial charge in [0.25, 0.3) is 5.91 Å². The Morgan fingerprint density at radius 2 is 1.60 bits per heavy atom. The second-order valence-electron chi connectivity index (χ2n) is 4.86. The number of hydrogen-bond donors (Lipinski definition) is 1. The number of rotatable bonds is 4. The van der Waals surface area contributed by atoms with Gasteiger partial charge in [0.1, 0.15) is 10.1 Å². The van der Waals surface area contributed by atoms with Gasteiger partial charge >= 0.3 is 5.97 Å². The molecule has 0 bridgehead atoms. The molecule has 1 rings (SSSR count). The maximum atomic E-state index is 12.0. The van der Waals surface area contributed by atoms with Gasteiger partial charge in [0.2, 0.25) is 0 Å². The molecule has 6 heteroatoms. The summed E-state index contributed by atoms with van der Waals surface area (Å²) in [6.45, 7) is 1.84. The fourth-order valence-electron chi connectivity index (χ4n) is 2.23. The van der Waals surface area contributed by atoms with Crippen LogP contribution in [0.15, 0.2) is 10.1 Å².